The van der Waals surface area contributed by atoms with Gasteiger partial charge in [-0.05, 0) is 43.7 Å². The molecule has 0 spiro atoms. The van der Waals surface area contributed by atoms with Crippen molar-refractivity contribution in [3.63, 3.8) is 0 Å². The molecule has 1 aromatic rings. The molecule has 0 bridgehead atoms. The van der Waals surface area contributed by atoms with E-state index in [-0.39, 0.29) is 0 Å². The standard InChI is InChI=1S/C19H29NO/c1-5-6-18-7-9-19(10-8-18)11-15(2)12-20-13-16(3)21-17(4)14-20/h5,7-10,15-17H,1,6,11-14H2,2-4H3. The molecule has 0 radical (unpaired) electrons. The molecule has 3 unspecified atom stereocenters. The van der Waals surface area contributed by atoms with Crippen molar-refractivity contribution < 1.29 is 4.74 Å². The second-order valence-electron chi connectivity index (χ2n) is 6.59. The van der Waals surface area contributed by atoms with Crippen LogP contribution >= 0.6 is 0 Å². The van der Waals surface area contributed by atoms with Crippen LogP contribution in [0.5, 0.6) is 0 Å². The Balaban J connectivity index is 1.83. The second-order valence-corrected chi connectivity index (χ2v) is 6.59. The van der Waals surface area contributed by atoms with Gasteiger partial charge in [0.1, 0.15) is 0 Å². The van der Waals surface area contributed by atoms with Gasteiger partial charge in [-0.1, -0.05) is 37.3 Å². The predicted octanol–water partition coefficient (Wildman–Crippen LogP) is 3.70. The normalized spacial score (nSPS) is 24.7. The Morgan fingerprint density at radius 1 is 1.19 bits per heavy atom. The fourth-order valence-corrected chi connectivity index (χ4v) is 3.32. The van der Waals surface area contributed by atoms with Crippen LogP contribution in [0.3, 0.4) is 0 Å². The summed E-state index contributed by atoms with van der Waals surface area (Å²) in [4.78, 5) is 2.55. The lowest BCUT2D eigenvalue weighted by Crippen LogP contribution is -2.47. The lowest BCUT2D eigenvalue weighted by molar-refractivity contribution is -0.0708. The fraction of sp³-hybridized carbons (Fsp3) is 0.579. The highest BCUT2D eigenvalue weighted by atomic mass is 16.5. The third-order valence-electron chi connectivity index (χ3n) is 4.05. The van der Waals surface area contributed by atoms with Crippen molar-refractivity contribution in [2.45, 2.75) is 45.8 Å². The summed E-state index contributed by atoms with van der Waals surface area (Å²) in [6.07, 6.45) is 4.78. The van der Waals surface area contributed by atoms with E-state index in [1.54, 1.807) is 0 Å². The topological polar surface area (TPSA) is 12.5 Å². The summed E-state index contributed by atoms with van der Waals surface area (Å²) in [6.45, 7) is 13.8. The van der Waals surface area contributed by atoms with Gasteiger partial charge in [-0.3, -0.25) is 4.90 Å². The number of nitrogens with zero attached hydrogens (tertiary/aromatic N) is 1. The molecule has 2 heteroatoms. The largest absolute Gasteiger partial charge is 0.373 e. The summed E-state index contributed by atoms with van der Waals surface area (Å²) < 4.78 is 5.80. The lowest BCUT2D eigenvalue weighted by Gasteiger charge is -2.36. The molecule has 0 N–H and O–H groups in total. The number of hydrogen-bond acceptors (Lipinski definition) is 2. The van der Waals surface area contributed by atoms with Crippen molar-refractivity contribution in [1.82, 2.24) is 4.90 Å². The first-order chi connectivity index (χ1) is 10.1. The molecule has 1 aromatic carbocycles. The summed E-state index contributed by atoms with van der Waals surface area (Å²) in [6, 6.07) is 8.98. The van der Waals surface area contributed by atoms with Crippen LogP contribution in [0.25, 0.3) is 0 Å². The summed E-state index contributed by atoms with van der Waals surface area (Å²) in [7, 11) is 0. The monoisotopic (exact) mass is 287 g/mol. The van der Waals surface area contributed by atoms with Crippen molar-refractivity contribution in [1.29, 1.82) is 0 Å². The van der Waals surface area contributed by atoms with Crippen LogP contribution in [0.15, 0.2) is 36.9 Å². The summed E-state index contributed by atoms with van der Waals surface area (Å²) >= 11 is 0. The maximum Gasteiger partial charge on any atom is 0.0678 e. The second kappa shape index (κ2) is 7.77. The number of ether oxygens (including phenoxy) is 1. The molecule has 116 valence electrons. The van der Waals surface area contributed by atoms with Gasteiger partial charge in [0, 0.05) is 19.6 Å². The smallest absolute Gasteiger partial charge is 0.0678 e. The molecule has 21 heavy (non-hydrogen) atoms. The zero-order chi connectivity index (χ0) is 15.2. The van der Waals surface area contributed by atoms with Crippen molar-refractivity contribution in [3.05, 3.63) is 48.0 Å². The Bertz CT molecular complexity index is 429. The van der Waals surface area contributed by atoms with Crippen molar-refractivity contribution in [3.8, 4) is 0 Å². The summed E-state index contributed by atoms with van der Waals surface area (Å²) in [5.41, 5.74) is 2.78. The van der Waals surface area contributed by atoms with E-state index in [0.29, 0.717) is 18.1 Å². The van der Waals surface area contributed by atoms with E-state index in [1.165, 1.54) is 11.1 Å². The van der Waals surface area contributed by atoms with Crippen LogP contribution in [0.4, 0.5) is 0 Å². The summed E-state index contributed by atoms with van der Waals surface area (Å²) in [5, 5.41) is 0. The SMILES string of the molecule is C=CCc1ccc(CC(C)CN2CC(C)OC(C)C2)cc1. The van der Waals surface area contributed by atoms with E-state index in [0.717, 1.165) is 32.5 Å². The first-order valence-corrected chi connectivity index (χ1v) is 8.13. The van der Waals surface area contributed by atoms with E-state index < -0.39 is 0 Å². The third-order valence-corrected chi connectivity index (χ3v) is 4.05. The molecule has 2 nitrogen and oxygen atoms in total. The molecule has 1 fully saturated rings. The van der Waals surface area contributed by atoms with Gasteiger partial charge in [0.2, 0.25) is 0 Å². The van der Waals surface area contributed by atoms with Gasteiger partial charge in [0.15, 0.2) is 0 Å². The minimum Gasteiger partial charge on any atom is -0.373 e. The molecule has 0 aliphatic carbocycles. The molecule has 1 heterocycles. The average molecular weight is 287 g/mol. The maximum atomic E-state index is 5.80. The number of hydrogen-bond donors (Lipinski definition) is 0. The fourth-order valence-electron chi connectivity index (χ4n) is 3.32. The van der Waals surface area contributed by atoms with Crippen LogP contribution in [0.1, 0.15) is 31.9 Å². The van der Waals surface area contributed by atoms with Crippen LogP contribution in [-0.4, -0.2) is 36.7 Å². The number of rotatable bonds is 6. The highest BCUT2D eigenvalue weighted by Gasteiger charge is 2.23. The number of allylic oxidation sites excluding steroid dienone is 1. The third kappa shape index (κ3) is 5.29. The quantitative estimate of drug-likeness (QED) is 0.740. The molecule has 3 atom stereocenters. The van der Waals surface area contributed by atoms with E-state index in [4.69, 9.17) is 4.74 Å². The Labute approximate surface area is 129 Å². The van der Waals surface area contributed by atoms with Gasteiger partial charge in [-0.15, -0.1) is 6.58 Å². The average Bonchev–Trinajstić information content (AvgIpc) is 2.40. The first kappa shape index (κ1) is 16.3. The molecular weight excluding hydrogens is 258 g/mol. The molecule has 0 aromatic heterocycles. The predicted molar refractivity (Wildman–Crippen MR) is 89.7 cm³/mol. The van der Waals surface area contributed by atoms with E-state index in [2.05, 4.69) is 56.5 Å². The van der Waals surface area contributed by atoms with Crippen LogP contribution in [0.2, 0.25) is 0 Å². The van der Waals surface area contributed by atoms with Crippen molar-refractivity contribution in [2.24, 2.45) is 5.92 Å². The highest BCUT2D eigenvalue weighted by molar-refractivity contribution is 5.24. The van der Waals surface area contributed by atoms with Crippen LogP contribution < -0.4 is 0 Å². The zero-order valence-corrected chi connectivity index (χ0v) is 13.7. The van der Waals surface area contributed by atoms with Gasteiger partial charge in [0.25, 0.3) is 0 Å². The van der Waals surface area contributed by atoms with Gasteiger partial charge in [-0.2, -0.15) is 0 Å². The molecular formula is C19H29NO. The molecule has 1 aliphatic heterocycles. The maximum absolute atomic E-state index is 5.80. The Morgan fingerprint density at radius 3 is 2.33 bits per heavy atom. The molecule has 2 rings (SSSR count). The first-order valence-electron chi connectivity index (χ1n) is 8.13. The highest BCUT2D eigenvalue weighted by Crippen LogP contribution is 2.16. The minimum absolute atomic E-state index is 0.360. The molecule has 1 aliphatic rings. The molecule has 1 saturated heterocycles. The van der Waals surface area contributed by atoms with E-state index in [9.17, 15) is 0 Å². The van der Waals surface area contributed by atoms with Crippen LogP contribution in [-0.2, 0) is 17.6 Å². The Kier molecular flexibility index (Phi) is 6.01. The lowest BCUT2D eigenvalue weighted by atomic mass is 9.98. The van der Waals surface area contributed by atoms with E-state index in [1.807, 2.05) is 6.08 Å². The van der Waals surface area contributed by atoms with E-state index >= 15 is 0 Å². The molecule has 0 saturated carbocycles. The van der Waals surface area contributed by atoms with Crippen molar-refractivity contribution in [2.75, 3.05) is 19.6 Å². The minimum atomic E-state index is 0.360. The van der Waals surface area contributed by atoms with Gasteiger partial charge >= 0.3 is 0 Å². The Morgan fingerprint density at radius 2 is 1.76 bits per heavy atom. The van der Waals surface area contributed by atoms with Gasteiger partial charge in [0.05, 0.1) is 12.2 Å². The number of benzene rings is 1. The van der Waals surface area contributed by atoms with Gasteiger partial charge in [-0.25, -0.2) is 0 Å². The van der Waals surface area contributed by atoms with Gasteiger partial charge < -0.3 is 4.74 Å². The summed E-state index contributed by atoms with van der Waals surface area (Å²) in [5.74, 6) is 0.674. The Hall–Kier alpha value is -1.12. The van der Waals surface area contributed by atoms with Crippen molar-refractivity contribution >= 4 is 0 Å². The number of morpholine rings is 1. The molecule has 0 amide bonds. The zero-order valence-electron chi connectivity index (χ0n) is 13.7. The van der Waals surface area contributed by atoms with Crippen LogP contribution in [0, 0.1) is 5.92 Å².